The third-order valence-corrected chi connectivity index (χ3v) is 7.20. The van der Waals surface area contributed by atoms with E-state index in [2.05, 4.69) is 18.7 Å². The molecule has 1 saturated carbocycles. The van der Waals surface area contributed by atoms with E-state index in [0.717, 1.165) is 6.54 Å². The number of benzene rings is 1. The maximum atomic E-state index is 12.8. The molecule has 8 heteroatoms. The van der Waals surface area contributed by atoms with Gasteiger partial charge in [-0.3, -0.25) is 9.69 Å². The van der Waals surface area contributed by atoms with E-state index in [1.807, 2.05) is 0 Å². The number of hydrogen-bond donors (Lipinski definition) is 0. The molecule has 1 heterocycles. The van der Waals surface area contributed by atoms with E-state index >= 15 is 0 Å². The van der Waals surface area contributed by atoms with Crippen LogP contribution in [0.5, 0.6) is 5.75 Å². The minimum absolute atomic E-state index is 0.106. The molecule has 1 aromatic carbocycles. The second kappa shape index (κ2) is 8.80. The van der Waals surface area contributed by atoms with E-state index < -0.39 is 10.0 Å². The Labute approximate surface area is 168 Å². The highest BCUT2D eigenvalue weighted by Crippen LogP contribution is 2.27. The summed E-state index contributed by atoms with van der Waals surface area (Å²) in [5.74, 6) is 1.25. The van der Waals surface area contributed by atoms with Crippen LogP contribution in [0.3, 0.4) is 0 Å². The van der Waals surface area contributed by atoms with Gasteiger partial charge in [0.05, 0.1) is 18.6 Å². The van der Waals surface area contributed by atoms with Gasteiger partial charge in [-0.2, -0.15) is 4.31 Å². The van der Waals surface area contributed by atoms with Gasteiger partial charge in [0.2, 0.25) is 15.9 Å². The Hall–Kier alpha value is -1.64. The third kappa shape index (κ3) is 5.04. The van der Waals surface area contributed by atoms with Crippen LogP contribution in [0, 0.1) is 5.92 Å². The monoisotopic (exact) mass is 409 g/mol. The average Bonchev–Trinajstić information content (AvgIpc) is 3.52. The normalized spacial score (nSPS) is 18.7. The van der Waals surface area contributed by atoms with E-state index in [4.69, 9.17) is 4.74 Å². The van der Waals surface area contributed by atoms with Crippen LogP contribution in [0.25, 0.3) is 0 Å². The first kappa shape index (κ1) is 21.1. The molecular formula is C20H31N3O4S. The highest BCUT2D eigenvalue weighted by atomic mass is 32.2. The van der Waals surface area contributed by atoms with Gasteiger partial charge in [0.25, 0.3) is 0 Å². The summed E-state index contributed by atoms with van der Waals surface area (Å²) in [5.41, 5.74) is 0. The summed E-state index contributed by atoms with van der Waals surface area (Å²) >= 11 is 0. The van der Waals surface area contributed by atoms with Crippen molar-refractivity contribution in [2.75, 3.05) is 46.4 Å². The number of amides is 1. The second-order valence-electron chi connectivity index (χ2n) is 8.01. The Morgan fingerprint density at radius 1 is 1.14 bits per heavy atom. The lowest BCUT2D eigenvalue weighted by Crippen LogP contribution is -2.52. The van der Waals surface area contributed by atoms with Crippen molar-refractivity contribution in [2.24, 2.45) is 5.92 Å². The largest absolute Gasteiger partial charge is 0.497 e. The summed E-state index contributed by atoms with van der Waals surface area (Å²) in [4.78, 5) is 17.1. The standard InChI is InChI=1S/C20H31N3O4S/c1-16(2)14-22(17-4-5-17)15-20(24)21-10-12-23(13-11-21)28(25,26)19-8-6-18(27-3)7-9-19/h6-9,16-17H,4-5,10-15H2,1-3H3. The molecule has 7 nitrogen and oxygen atoms in total. The van der Waals surface area contributed by atoms with E-state index in [1.165, 1.54) is 17.1 Å². The Balaban J connectivity index is 1.56. The molecule has 0 aromatic heterocycles. The van der Waals surface area contributed by atoms with Gasteiger partial charge >= 0.3 is 0 Å². The number of sulfonamides is 1. The minimum Gasteiger partial charge on any atom is -0.497 e. The molecule has 1 aliphatic carbocycles. The predicted molar refractivity (Wildman–Crippen MR) is 108 cm³/mol. The van der Waals surface area contributed by atoms with Crippen molar-refractivity contribution in [3.8, 4) is 5.75 Å². The van der Waals surface area contributed by atoms with E-state index in [1.54, 1.807) is 36.3 Å². The molecule has 0 spiro atoms. The van der Waals surface area contributed by atoms with Gasteiger partial charge in [-0.05, 0) is 43.0 Å². The van der Waals surface area contributed by atoms with Gasteiger partial charge < -0.3 is 9.64 Å². The van der Waals surface area contributed by atoms with Crippen molar-refractivity contribution < 1.29 is 17.9 Å². The molecular weight excluding hydrogens is 378 g/mol. The van der Waals surface area contributed by atoms with Crippen LogP contribution in [0.15, 0.2) is 29.2 Å². The summed E-state index contributed by atoms with van der Waals surface area (Å²) in [7, 11) is -2.00. The molecule has 3 rings (SSSR count). The number of carbonyl (C=O) groups is 1. The molecule has 28 heavy (non-hydrogen) atoms. The quantitative estimate of drug-likeness (QED) is 0.653. The Morgan fingerprint density at radius 2 is 1.75 bits per heavy atom. The smallest absolute Gasteiger partial charge is 0.243 e. The first-order chi connectivity index (χ1) is 13.3. The highest BCUT2D eigenvalue weighted by Gasteiger charge is 2.34. The fourth-order valence-electron chi connectivity index (χ4n) is 3.60. The van der Waals surface area contributed by atoms with Crippen molar-refractivity contribution in [1.82, 2.24) is 14.1 Å². The Morgan fingerprint density at radius 3 is 2.25 bits per heavy atom. The summed E-state index contributed by atoms with van der Waals surface area (Å²) in [6.45, 7) is 7.24. The maximum Gasteiger partial charge on any atom is 0.243 e. The summed E-state index contributed by atoms with van der Waals surface area (Å²) in [6.07, 6.45) is 2.35. The van der Waals surface area contributed by atoms with Crippen LogP contribution < -0.4 is 4.74 Å². The molecule has 156 valence electrons. The molecule has 0 bridgehead atoms. The average molecular weight is 410 g/mol. The van der Waals surface area contributed by atoms with Crippen molar-refractivity contribution in [3.63, 3.8) is 0 Å². The molecule has 0 radical (unpaired) electrons. The molecule has 1 amide bonds. The molecule has 0 N–H and O–H groups in total. The Bertz CT molecular complexity index is 767. The summed E-state index contributed by atoms with van der Waals surface area (Å²) in [6, 6.07) is 6.96. The van der Waals surface area contributed by atoms with Gasteiger partial charge in [-0.25, -0.2) is 8.42 Å². The van der Waals surface area contributed by atoms with Crippen LogP contribution >= 0.6 is 0 Å². The lowest BCUT2D eigenvalue weighted by atomic mass is 10.2. The first-order valence-corrected chi connectivity index (χ1v) is 11.4. The molecule has 2 fully saturated rings. The van der Waals surface area contributed by atoms with Crippen LogP contribution in [0.1, 0.15) is 26.7 Å². The molecule has 1 aliphatic heterocycles. The number of methoxy groups -OCH3 is 1. The lowest BCUT2D eigenvalue weighted by molar-refractivity contribution is -0.133. The fraction of sp³-hybridized carbons (Fsp3) is 0.650. The number of rotatable bonds is 8. The van der Waals surface area contributed by atoms with Crippen molar-refractivity contribution >= 4 is 15.9 Å². The SMILES string of the molecule is COc1ccc(S(=O)(=O)N2CCN(C(=O)CN(CC(C)C)C3CC3)CC2)cc1. The first-order valence-electron chi connectivity index (χ1n) is 9.97. The van der Waals surface area contributed by atoms with Gasteiger partial charge in [0, 0.05) is 38.8 Å². The third-order valence-electron chi connectivity index (χ3n) is 5.29. The molecule has 1 saturated heterocycles. The molecule has 0 unspecified atom stereocenters. The Kier molecular flexibility index (Phi) is 6.62. The highest BCUT2D eigenvalue weighted by molar-refractivity contribution is 7.89. The van der Waals surface area contributed by atoms with Crippen LogP contribution in [-0.4, -0.2) is 80.9 Å². The zero-order chi connectivity index (χ0) is 20.3. The van der Waals surface area contributed by atoms with Crippen molar-refractivity contribution in [1.29, 1.82) is 0 Å². The fourth-order valence-corrected chi connectivity index (χ4v) is 5.02. The maximum absolute atomic E-state index is 12.8. The second-order valence-corrected chi connectivity index (χ2v) is 9.95. The zero-order valence-corrected chi connectivity index (χ0v) is 17.8. The number of carbonyl (C=O) groups excluding carboxylic acids is 1. The van der Waals surface area contributed by atoms with Crippen LogP contribution in [-0.2, 0) is 14.8 Å². The lowest BCUT2D eigenvalue weighted by Gasteiger charge is -2.35. The van der Waals surface area contributed by atoms with Crippen LogP contribution in [0.4, 0.5) is 0 Å². The van der Waals surface area contributed by atoms with Crippen molar-refractivity contribution in [2.45, 2.75) is 37.6 Å². The van der Waals surface area contributed by atoms with Gasteiger partial charge in [-0.15, -0.1) is 0 Å². The van der Waals surface area contributed by atoms with Gasteiger partial charge in [0.1, 0.15) is 5.75 Å². The van der Waals surface area contributed by atoms with Crippen LogP contribution in [0.2, 0.25) is 0 Å². The minimum atomic E-state index is -3.55. The number of hydrogen-bond acceptors (Lipinski definition) is 5. The molecule has 2 aliphatic rings. The van der Waals surface area contributed by atoms with Crippen molar-refractivity contribution in [3.05, 3.63) is 24.3 Å². The summed E-state index contributed by atoms with van der Waals surface area (Å²) in [5, 5.41) is 0. The van der Waals surface area contributed by atoms with E-state index in [-0.39, 0.29) is 10.8 Å². The zero-order valence-electron chi connectivity index (χ0n) is 17.0. The molecule has 1 aromatic rings. The predicted octanol–water partition coefficient (Wildman–Crippen LogP) is 1.65. The number of nitrogens with zero attached hydrogens (tertiary/aromatic N) is 3. The number of piperazine rings is 1. The van der Waals surface area contributed by atoms with E-state index in [9.17, 15) is 13.2 Å². The number of ether oxygens (including phenoxy) is 1. The molecule has 0 atom stereocenters. The topological polar surface area (TPSA) is 70.2 Å². The summed E-state index contributed by atoms with van der Waals surface area (Å²) < 4.78 is 32.2. The van der Waals surface area contributed by atoms with Gasteiger partial charge in [-0.1, -0.05) is 13.8 Å². The van der Waals surface area contributed by atoms with Gasteiger partial charge in [0.15, 0.2) is 0 Å². The van der Waals surface area contributed by atoms with E-state index in [0.29, 0.717) is 50.4 Å².